The standard InChI is InChI=1S/C18H20F3N7O/c1-10-15(11(2)27(25-10)14-8-3-4-9-29-14)12-6-5-7-13(23-12)28-17(22)24-16(26-28)18(19,20)21/h5-7,14H,3-4,8-9H2,1-2H3,(H2,22,24,26). The van der Waals surface area contributed by atoms with Gasteiger partial charge in [0.2, 0.25) is 5.95 Å². The summed E-state index contributed by atoms with van der Waals surface area (Å²) in [6.07, 6.45) is -1.83. The second-order valence-electron chi connectivity index (χ2n) is 6.90. The van der Waals surface area contributed by atoms with Crippen LogP contribution in [-0.4, -0.2) is 36.1 Å². The van der Waals surface area contributed by atoms with Crippen LogP contribution in [0.5, 0.6) is 0 Å². The van der Waals surface area contributed by atoms with Gasteiger partial charge >= 0.3 is 6.18 Å². The van der Waals surface area contributed by atoms with Crippen molar-refractivity contribution in [3.05, 3.63) is 35.4 Å². The van der Waals surface area contributed by atoms with Gasteiger partial charge in [-0.3, -0.25) is 0 Å². The van der Waals surface area contributed by atoms with Gasteiger partial charge in [0.05, 0.1) is 11.4 Å². The van der Waals surface area contributed by atoms with E-state index in [0.717, 1.165) is 40.9 Å². The highest BCUT2D eigenvalue weighted by Gasteiger charge is 2.37. The molecule has 1 saturated heterocycles. The van der Waals surface area contributed by atoms with Crippen molar-refractivity contribution in [3.8, 4) is 17.1 Å². The molecule has 1 aliphatic rings. The summed E-state index contributed by atoms with van der Waals surface area (Å²) in [4.78, 5) is 7.76. The van der Waals surface area contributed by atoms with Crippen LogP contribution < -0.4 is 5.73 Å². The zero-order valence-corrected chi connectivity index (χ0v) is 15.9. The maximum atomic E-state index is 12.9. The molecule has 3 aromatic heterocycles. The number of nitrogens with two attached hydrogens (primary N) is 1. The fourth-order valence-electron chi connectivity index (χ4n) is 3.52. The lowest BCUT2D eigenvalue weighted by Gasteiger charge is -2.24. The Morgan fingerprint density at radius 1 is 1.14 bits per heavy atom. The van der Waals surface area contributed by atoms with Gasteiger partial charge in [-0.15, -0.1) is 5.10 Å². The van der Waals surface area contributed by atoms with Crippen LogP contribution in [0.1, 0.15) is 42.7 Å². The van der Waals surface area contributed by atoms with Crippen molar-refractivity contribution in [2.45, 2.75) is 45.5 Å². The Labute approximate surface area is 164 Å². The molecule has 0 amide bonds. The molecular weight excluding hydrogens is 387 g/mol. The van der Waals surface area contributed by atoms with E-state index in [1.807, 2.05) is 18.5 Å². The summed E-state index contributed by atoms with van der Waals surface area (Å²) in [6.45, 7) is 4.48. The average molecular weight is 407 g/mol. The molecule has 4 rings (SSSR count). The minimum Gasteiger partial charge on any atom is -0.368 e. The number of rotatable bonds is 3. The molecule has 0 saturated carbocycles. The van der Waals surface area contributed by atoms with Gasteiger partial charge in [0.15, 0.2) is 5.82 Å². The summed E-state index contributed by atoms with van der Waals surface area (Å²) in [5.41, 5.74) is 8.63. The molecule has 154 valence electrons. The topological polar surface area (TPSA) is 96.7 Å². The van der Waals surface area contributed by atoms with Crippen LogP contribution in [0.15, 0.2) is 18.2 Å². The highest BCUT2D eigenvalue weighted by atomic mass is 19.4. The number of nitrogen functional groups attached to an aromatic ring is 1. The molecule has 2 N–H and O–H groups in total. The molecule has 4 heterocycles. The first kappa shape index (κ1) is 19.4. The molecule has 0 bridgehead atoms. The summed E-state index contributed by atoms with van der Waals surface area (Å²) in [7, 11) is 0. The zero-order chi connectivity index (χ0) is 20.8. The normalized spacial score (nSPS) is 17.6. The van der Waals surface area contributed by atoms with E-state index >= 15 is 0 Å². The molecule has 0 spiro atoms. The molecule has 1 fully saturated rings. The van der Waals surface area contributed by atoms with E-state index in [-0.39, 0.29) is 18.0 Å². The number of hydrogen-bond donors (Lipinski definition) is 1. The van der Waals surface area contributed by atoms with Crippen molar-refractivity contribution in [2.24, 2.45) is 0 Å². The lowest BCUT2D eigenvalue weighted by molar-refractivity contribution is -0.144. The van der Waals surface area contributed by atoms with Crippen LogP contribution in [0.4, 0.5) is 19.1 Å². The summed E-state index contributed by atoms with van der Waals surface area (Å²) in [5.74, 6) is -1.55. The van der Waals surface area contributed by atoms with Crippen LogP contribution in [0.3, 0.4) is 0 Å². The van der Waals surface area contributed by atoms with E-state index in [4.69, 9.17) is 10.5 Å². The van der Waals surface area contributed by atoms with Gasteiger partial charge in [-0.05, 0) is 45.2 Å². The predicted molar refractivity (Wildman–Crippen MR) is 98.1 cm³/mol. The van der Waals surface area contributed by atoms with Gasteiger partial charge in [-0.25, -0.2) is 9.67 Å². The van der Waals surface area contributed by atoms with Gasteiger partial charge < -0.3 is 10.5 Å². The highest BCUT2D eigenvalue weighted by molar-refractivity contribution is 5.65. The number of aryl methyl sites for hydroxylation is 1. The largest absolute Gasteiger partial charge is 0.453 e. The molecule has 8 nitrogen and oxygen atoms in total. The highest BCUT2D eigenvalue weighted by Crippen LogP contribution is 2.32. The van der Waals surface area contributed by atoms with E-state index in [9.17, 15) is 13.2 Å². The smallest absolute Gasteiger partial charge is 0.368 e. The average Bonchev–Trinajstić information content (AvgIpc) is 3.22. The van der Waals surface area contributed by atoms with E-state index in [1.165, 1.54) is 6.07 Å². The Bertz CT molecular complexity index is 1030. The SMILES string of the molecule is Cc1nn(C2CCCCO2)c(C)c1-c1cccc(-n2nc(C(F)(F)F)nc2N)n1. The molecular formula is C18H20F3N7O. The maximum absolute atomic E-state index is 12.9. The molecule has 11 heteroatoms. The summed E-state index contributed by atoms with van der Waals surface area (Å²) in [5, 5.41) is 8.07. The number of nitrogens with zero attached hydrogens (tertiary/aromatic N) is 6. The molecule has 1 aliphatic heterocycles. The number of pyridine rings is 1. The summed E-state index contributed by atoms with van der Waals surface area (Å²) in [6, 6.07) is 4.97. The van der Waals surface area contributed by atoms with E-state index in [0.29, 0.717) is 12.3 Å². The minimum atomic E-state index is -4.69. The van der Waals surface area contributed by atoms with Gasteiger partial charge in [0.25, 0.3) is 5.82 Å². The number of aromatic nitrogens is 6. The van der Waals surface area contributed by atoms with Gasteiger partial charge in [-0.1, -0.05) is 6.07 Å². The maximum Gasteiger partial charge on any atom is 0.453 e. The van der Waals surface area contributed by atoms with E-state index in [2.05, 4.69) is 20.2 Å². The first-order valence-corrected chi connectivity index (χ1v) is 9.20. The van der Waals surface area contributed by atoms with Crippen LogP contribution in [0.2, 0.25) is 0 Å². The number of halogens is 3. The van der Waals surface area contributed by atoms with E-state index < -0.39 is 12.0 Å². The Morgan fingerprint density at radius 2 is 1.93 bits per heavy atom. The molecule has 1 atom stereocenters. The number of anilines is 1. The summed E-state index contributed by atoms with van der Waals surface area (Å²) < 4.78 is 47.2. The van der Waals surface area contributed by atoms with Crippen molar-refractivity contribution in [1.29, 1.82) is 0 Å². The van der Waals surface area contributed by atoms with Crippen molar-refractivity contribution < 1.29 is 17.9 Å². The van der Waals surface area contributed by atoms with Crippen LogP contribution in [-0.2, 0) is 10.9 Å². The van der Waals surface area contributed by atoms with Gasteiger partial charge in [-0.2, -0.15) is 27.9 Å². The lowest BCUT2D eigenvalue weighted by Crippen LogP contribution is -2.20. The minimum absolute atomic E-state index is 0.125. The second-order valence-corrected chi connectivity index (χ2v) is 6.90. The third-order valence-corrected chi connectivity index (χ3v) is 4.85. The Balaban J connectivity index is 1.73. The first-order chi connectivity index (χ1) is 13.8. The van der Waals surface area contributed by atoms with Crippen LogP contribution in [0.25, 0.3) is 17.1 Å². The monoisotopic (exact) mass is 407 g/mol. The first-order valence-electron chi connectivity index (χ1n) is 9.20. The number of hydrogen-bond acceptors (Lipinski definition) is 6. The van der Waals surface area contributed by atoms with Gasteiger partial charge in [0, 0.05) is 17.9 Å². The van der Waals surface area contributed by atoms with E-state index in [1.54, 1.807) is 12.1 Å². The fourth-order valence-corrected chi connectivity index (χ4v) is 3.52. The third-order valence-electron chi connectivity index (χ3n) is 4.85. The second kappa shape index (κ2) is 7.14. The predicted octanol–water partition coefficient (Wildman–Crippen LogP) is 3.44. The zero-order valence-electron chi connectivity index (χ0n) is 15.9. The third kappa shape index (κ3) is 3.57. The Kier molecular flexibility index (Phi) is 4.77. The Morgan fingerprint density at radius 3 is 2.59 bits per heavy atom. The molecule has 1 unspecified atom stereocenters. The van der Waals surface area contributed by atoms with Crippen molar-refractivity contribution in [1.82, 2.24) is 29.5 Å². The molecule has 0 aromatic carbocycles. The fraction of sp³-hybridized carbons (Fsp3) is 0.444. The van der Waals surface area contributed by atoms with Crippen LogP contribution in [0, 0.1) is 13.8 Å². The van der Waals surface area contributed by atoms with Gasteiger partial charge in [0.1, 0.15) is 6.23 Å². The molecule has 0 radical (unpaired) electrons. The number of ether oxygens (including phenoxy) is 1. The van der Waals surface area contributed by atoms with Crippen molar-refractivity contribution >= 4 is 5.95 Å². The summed E-state index contributed by atoms with van der Waals surface area (Å²) >= 11 is 0. The van der Waals surface area contributed by atoms with Crippen molar-refractivity contribution in [2.75, 3.05) is 12.3 Å². The van der Waals surface area contributed by atoms with Crippen molar-refractivity contribution in [3.63, 3.8) is 0 Å². The molecule has 3 aromatic rings. The quantitative estimate of drug-likeness (QED) is 0.714. The molecule has 29 heavy (non-hydrogen) atoms. The lowest BCUT2D eigenvalue weighted by atomic mass is 10.1. The van der Waals surface area contributed by atoms with Crippen LogP contribution >= 0.6 is 0 Å². The Hall–Kier alpha value is -2.95. The molecule has 0 aliphatic carbocycles. The number of alkyl halides is 3.